The number of rotatable bonds is 4. The highest BCUT2D eigenvalue weighted by molar-refractivity contribution is 8.33. The molecule has 0 aromatic carbocycles. The molecule has 3 aliphatic rings. The van der Waals surface area contributed by atoms with Crippen molar-refractivity contribution in [2.24, 2.45) is 0 Å². The molecule has 3 fully saturated rings. The lowest BCUT2D eigenvalue weighted by Gasteiger charge is -2.34. The zero-order valence-corrected chi connectivity index (χ0v) is 20.2. The second kappa shape index (κ2) is 10.7. The summed E-state index contributed by atoms with van der Waals surface area (Å²) in [6.45, 7) is 0. The Morgan fingerprint density at radius 1 is 0.545 bits per heavy atom. The molecule has 0 spiro atoms. The summed E-state index contributed by atoms with van der Waals surface area (Å²) < 4.78 is 4.20. The molecular formula is C12H20S10. The predicted molar refractivity (Wildman–Crippen MR) is 130 cm³/mol. The van der Waals surface area contributed by atoms with Crippen molar-refractivity contribution in [2.75, 3.05) is 15.3 Å². The maximum atomic E-state index is 4.66. The third-order valence-corrected chi connectivity index (χ3v) is 16.3. The van der Waals surface area contributed by atoms with Crippen LogP contribution in [-0.4, -0.2) is 42.7 Å². The van der Waals surface area contributed by atoms with Crippen LogP contribution in [0, 0.1) is 0 Å². The molecule has 128 valence electrons. The summed E-state index contributed by atoms with van der Waals surface area (Å²) in [5.41, 5.74) is 0. The monoisotopic (exact) mass is 484 g/mol. The molecule has 0 aromatic rings. The van der Waals surface area contributed by atoms with Gasteiger partial charge < -0.3 is 0 Å². The fourth-order valence-corrected chi connectivity index (χ4v) is 19.0. The molecule has 3 rings (SSSR count). The van der Waals surface area contributed by atoms with E-state index in [-0.39, 0.29) is 0 Å². The average Bonchev–Trinajstić information content (AvgIpc) is 2.47. The van der Waals surface area contributed by atoms with E-state index in [1.807, 2.05) is 23.5 Å². The third kappa shape index (κ3) is 6.91. The second-order valence-electron chi connectivity index (χ2n) is 4.96. The van der Waals surface area contributed by atoms with E-state index in [1.165, 1.54) is 34.5 Å². The van der Waals surface area contributed by atoms with Crippen molar-refractivity contribution < 1.29 is 0 Å². The van der Waals surface area contributed by atoms with Gasteiger partial charge in [-0.1, -0.05) is 0 Å². The highest BCUT2D eigenvalue weighted by atomic mass is 32.3. The lowest BCUT2D eigenvalue weighted by atomic mass is 10.5. The Balaban J connectivity index is 1.42. The summed E-state index contributed by atoms with van der Waals surface area (Å²) in [5, 5.41) is 3.70. The lowest BCUT2D eigenvalue weighted by molar-refractivity contribution is 0.977. The first-order chi connectivity index (χ1) is 10.7. The van der Waals surface area contributed by atoms with E-state index >= 15 is 0 Å². The summed E-state index contributed by atoms with van der Waals surface area (Å²) in [4.78, 5) is 0. The van der Waals surface area contributed by atoms with Crippen molar-refractivity contribution in [1.29, 1.82) is 0 Å². The molecule has 6 unspecified atom stereocenters. The van der Waals surface area contributed by atoms with Gasteiger partial charge in [-0.05, 0) is 19.3 Å². The van der Waals surface area contributed by atoms with Gasteiger partial charge >= 0.3 is 0 Å². The molecule has 0 aliphatic carbocycles. The van der Waals surface area contributed by atoms with Gasteiger partial charge in [0.15, 0.2) is 0 Å². The van der Waals surface area contributed by atoms with Gasteiger partial charge in [-0.3, -0.25) is 0 Å². The SMILES string of the molecule is SC1CC(SC2CC(SC3CC(S)SCS3)SCS2)SCS1. The van der Waals surface area contributed by atoms with Gasteiger partial charge in [-0.15, -0.1) is 94.1 Å². The van der Waals surface area contributed by atoms with Crippen molar-refractivity contribution in [3.05, 3.63) is 0 Å². The zero-order chi connectivity index (χ0) is 15.4. The summed E-state index contributed by atoms with van der Waals surface area (Å²) in [7, 11) is 0. The number of thioether (sulfide) groups is 8. The van der Waals surface area contributed by atoms with Crippen LogP contribution >= 0.6 is 119 Å². The van der Waals surface area contributed by atoms with Gasteiger partial charge in [-0.2, -0.15) is 25.3 Å². The summed E-state index contributed by atoms with van der Waals surface area (Å²) in [5.74, 6) is 0. The standard InChI is InChI=1S/C12H20S10/c13-7-1-9(17-4-15-7)21-11-3-12(20-6-19-11)22-10-2-8(14)16-5-18-10/h7-14H,1-6H2. The van der Waals surface area contributed by atoms with Crippen molar-refractivity contribution in [2.45, 2.75) is 46.8 Å². The summed E-state index contributed by atoms with van der Waals surface area (Å²) >= 11 is 26.4. The lowest BCUT2D eigenvalue weighted by Crippen LogP contribution is -2.21. The van der Waals surface area contributed by atoms with Gasteiger partial charge in [0.05, 0.1) is 18.3 Å². The van der Waals surface area contributed by atoms with Crippen LogP contribution in [0.15, 0.2) is 0 Å². The van der Waals surface area contributed by atoms with Crippen molar-refractivity contribution in [3.8, 4) is 0 Å². The minimum atomic E-state index is 0.551. The zero-order valence-electron chi connectivity index (χ0n) is 11.9. The Kier molecular flexibility index (Phi) is 9.88. The number of hydrogen-bond donors (Lipinski definition) is 2. The van der Waals surface area contributed by atoms with Crippen molar-refractivity contribution >= 4 is 119 Å². The van der Waals surface area contributed by atoms with Crippen LogP contribution < -0.4 is 0 Å². The first kappa shape index (κ1) is 20.2. The van der Waals surface area contributed by atoms with Gasteiger partial charge in [-0.25, -0.2) is 0 Å². The molecule has 3 aliphatic heterocycles. The van der Waals surface area contributed by atoms with Crippen LogP contribution in [0.3, 0.4) is 0 Å². The van der Waals surface area contributed by atoms with Gasteiger partial charge in [0.2, 0.25) is 0 Å². The minimum absolute atomic E-state index is 0.551. The average molecular weight is 485 g/mol. The molecule has 0 bridgehead atoms. The maximum absolute atomic E-state index is 4.66. The predicted octanol–water partition coefficient (Wildman–Crippen LogP) is 6.75. The molecule has 0 nitrogen and oxygen atoms in total. The molecule has 3 saturated heterocycles. The third-order valence-electron chi connectivity index (χ3n) is 3.32. The van der Waals surface area contributed by atoms with Crippen LogP contribution in [0.1, 0.15) is 19.3 Å². The molecule has 0 amide bonds. The quantitative estimate of drug-likeness (QED) is 0.415. The Morgan fingerprint density at radius 2 is 0.909 bits per heavy atom. The molecule has 10 heteroatoms. The van der Waals surface area contributed by atoms with E-state index in [9.17, 15) is 0 Å². The summed E-state index contributed by atoms with van der Waals surface area (Å²) in [6.07, 6.45) is 3.86. The van der Waals surface area contributed by atoms with Crippen LogP contribution in [0.4, 0.5) is 0 Å². The Labute approximate surface area is 179 Å². The number of thiol groups is 2. The van der Waals surface area contributed by atoms with Gasteiger partial charge in [0.1, 0.15) is 0 Å². The smallest absolute Gasteiger partial charge is 0.0540 e. The van der Waals surface area contributed by atoms with E-state index < -0.39 is 0 Å². The molecule has 22 heavy (non-hydrogen) atoms. The van der Waals surface area contributed by atoms with Crippen LogP contribution in [0.5, 0.6) is 0 Å². The maximum Gasteiger partial charge on any atom is 0.0540 e. The largest absolute Gasteiger partial charge is 0.165 e. The Hall–Kier alpha value is 3.50. The topological polar surface area (TPSA) is 0 Å². The van der Waals surface area contributed by atoms with Crippen molar-refractivity contribution in [1.82, 2.24) is 0 Å². The first-order valence-electron chi connectivity index (χ1n) is 7.05. The van der Waals surface area contributed by atoms with E-state index in [0.717, 1.165) is 18.3 Å². The van der Waals surface area contributed by atoms with Crippen LogP contribution in [0.25, 0.3) is 0 Å². The fourth-order valence-electron chi connectivity index (χ4n) is 2.19. The second-order valence-corrected chi connectivity index (χ2v) is 19.2. The van der Waals surface area contributed by atoms with E-state index in [0.29, 0.717) is 9.16 Å². The molecule has 0 saturated carbocycles. The first-order valence-corrected chi connectivity index (χ1v) is 16.3. The minimum Gasteiger partial charge on any atom is -0.165 e. The molecule has 0 N–H and O–H groups in total. The number of hydrogen-bond acceptors (Lipinski definition) is 10. The summed E-state index contributed by atoms with van der Waals surface area (Å²) in [6, 6.07) is 0. The Morgan fingerprint density at radius 3 is 1.32 bits per heavy atom. The van der Waals surface area contributed by atoms with Crippen LogP contribution in [-0.2, 0) is 0 Å². The van der Waals surface area contributed by atoms with E-state index in [4.69, 9.17) is 0 Å². The highest BCUT2D eigenvalue weighted by Gasteiger charge is 2.31. The van der Waals surface area contributed by atoms with Crippen LogP contribution in [0.2, 0.25) is 0 Å². The molecule has 0 aromatic heterocycles. The normalized spacial score (nSPS) is 43.9. The van der Waals surface area contributed by atoms with E-state index in [1.54, 1.807) is 0 Å². The van der Waals surface area contributed by atoms with E-state index in [2.05, 4.69) is 95.8 Å². The Bertz CT molecular complexity index is 312. The van der Waals surface area contributed by atoms with Crippen molar-refractivity contribution in [3.63, 3.8) is 0 Å². The highest BCUT2D eigenvalue weighted by Crippen LogP contribution is 2.52. The molecule has 0 radical (unpaired) electrons. The molecular weight excluding hydrogens is 465 g/mol. The fraction of sp³-hybridized carbons (Fsp3) is 1.00. The molecule has 3 heterocycles. The van der Waals surface area contributed by atoms with Gasteiger partial charge in [0.25, 0.3) is 0 Å². The molecule has 6 atom stereocenters. The van der Waals surface area contributed by atoms with Gasteiger partial charge in [0, 0.05) is 24.4 Å².